The van der Waals surface area contributed by atoms with Crippen LogP contribution in [-0.4, -0.2) is 30.0 Å². The Hall–Kier alpha value is -3.36. The summed E-state index contributed by atoms with van der Waals surface area (Å²) < 4.78 is 1.96. The fraction of sp³-hybridized carbons (Fsp3) is 0.400. The molecule has 4 aromatic carbocycles. The number of halogens is 2. The molecule has 48 heavy (non-hydrogen) atoms. The molecule has 8 heteroatoms. The van der Waals surface area contributed by atoms with Crippen molar-refractivity contribution in [3.8, 4) is 22.3 Å². The summed E-state index contributed by atoms with van der Waals surface area (Å²) in [5.74, 6) is 1.03. The average molecular weight is 773 g/mol. The van der Waals surface area contributed by atoms with Crippen molar-refractivity contribution in [2.24, 2.45) is 11.8 Å². The van der Waals surface area contributed by atoms with Gasteiger partial charge in [-0.25, -0.2) is 0 Å². The Morgan fingerprint density at radius 2 is 0.792 bits per heavy atom. The van der Waals surface area contributed by atoms with Crippen LogP contribution in [0, 0.1) is 11.8 Å². The fourth-order valence-electron chi connectivity index (χ4n) is 5.59. The molecule has 0 amide bonds. The van der Waals surface area contributed by atoms with Gasteiger partial charge in [0.1, 0.15) is 22.1 Å². The van der Waals surface area contributed by atoms with Gasteiger partial charge in [0, 0.05) is 20.1 Å². The summed E-state index contributed by atoms with van der Waals surface area (Å²) in [6.07, 6.45) is 0. The lowest BCUT2D eigenvalue weighted by atomic mass is 9.85. The zero-order valence-electron chi connectivity index (χ0n) is 29.9. The Morgan fingerprint density at radius 3 is 1.08 bits per heavy atom. The zero-order valence-corrected chi connectivity index (χ0v) is 33.1. The first-order chi connectivity index (χ1) is 22.5. The molecule has 0 saturated carbocycles. The van der Waals surface area contributed by atoms with Gasteiger partial charge in [-0.05, 0) is 88.9 Å². The summed E-state index contributed by atoms with van der Waals surface area (Å²) in [5, 5.41) is 18.8. The Bertz CT molecular complexity index is 1870. The number of nitrogens with zero attached hydrogens (tertiary/aromatic N) is 6. The molecule has 0 N–H and O–H groups in total. The highest BCUT2D eigenvalue weighted by Gasteiger charge is 2.19. The highest BCUT2D eigenvalue weighted by atomic mass is 79.9. The van der Waals surface area contributed by atoms with Crippen LogP contribution in [0.5, 0.6) is 0 Å². The normalized spacial score (nSPS) is 12.3. The molecule has 0 unspecified atom stereocenters. The molecule has 0 aliphatic rings. The van der Waals surface area contributed by atoms with Crippen LogP contribution in [0.3, 0.4) is 0 Å². The number of benzene rings is 4. The van der Waals surface area contributed by atoms with E-state index in [9.17, 15) is 0 Å². The quantitative estimate of drug-likeness (QED) is 0.169. The van der Waals surface area contributed by atoms with Gasteiger partial charge in [-0.15, -0.1) is 0 Å². The Labute approximate surface area is 302 Å². The van der Waals surface area contributed by atoms with Gasteiger partial charge in [0.15, 0.2) is 0 Å². The first kappa shape index (κ1) is 35.9. The third-order valence-corrected chi connectivity index (χ3v) is 9.53. The molecule has 0 aliphatic heterocycles. The molecule has 6 aromatic rings. The second-order valence-electron chi connectivity index (χ2n) is 15.5. The van der Waals surface area contributed by atoms with Crippen molar-refractivity contribution in [2.75, 3.05) is 0 Å². The summed E-state index contributed by atoms with van der Waals surface area (Å²) in [6, 6.07) is 26.2. The van der Waals surface area contributed by atoms with Crippen molar-refractivity contribution in [3.05, 3.63) is 92.9 Å². The minimum Gasteiger partial charge on any atom is -0.183 e. The minimum absolute atomic E-state index is 0.136. The van der Waals surface area contributed by atoms with Crippen molar-refractivity contribution < 1.29 is 0 Å². The molecule has 0 spiro atoms. The topological polar surface area (TPSA) is 61.4 Å². The minimum atomic E-state index is 0.136. The van der Waals surface area contributed by atoms with E-state index in [4.69, 9.17) is 10.2 Å². The molecule has 6 rings (SSSR count). The molecule has 0 aliphatic carbocycles. The van der Waals surface area contributed by atoms with E-state index in [1.165, 1.54) is 22.3 Å². The highest BCUT2D eigenvalue weighted by Crippen LogP contribution is 2.36. The predicted octanol–water partition coefficient (Wildman–Crippen LogP) is 11.6. The lowest BCUT2D eigenvalue weighted by Gasteiger charge is -2.19. The first-order valence-electron chi connectivity index (χ1n) is 16.8. The first-order valence-corrected chi connectivity index (χ1v) is 18.4. The maximum atomic E-state index is 4.95. The van der Waals surface area contributed by atoms with Crippen LogP contribution >= 0.6 is 31.9 Å². The van der Waals surface area contributed by atoms with Crippen LogP contribution in [0.1, 0.15) is 80.4 Å². The van der Waals surface area contributed by atoms with Gasteiger partial charge >= 0.3 is 0 Å². The van der Waals surface area contributed by atoms with E-state index in [-0.39, 0.29) is 10.8 Å². The Balaban J connectivity index is 0.000000250. The number of hydrogen-bond donors (Lipinski definition) is 0. The lowest BCUT2D eigenvalue weighted by molar-refractivity contribution is 0.441. The molecular weight excluding hydrogens is 724 g/mol. The van der Waals surface area contributed by atoms with Gasteiger partial charge in [0.2, 0.25) is 0 Å². The van der Waals surface area contributed by atoms with Crippen LogP contribution in [0.4, 0.5) is 0 Å². The third kappa shape index (κ3) is 8.25. The van der Waals surface area contributed by atoms with Crippen LogP contribution in [0.15, 0.2) is 81.7 Å². The van der Waals surface area contributed by atoms with E-state index >= 15 is 0 Å². The number of rotatable bonds is 6. The highest BCUT2D eigenvalue weighted by molar-refractivity contribution is 9.11. The maximum absolute atomic E-state index is 4.95. The van der Waals surface area contributed by atoms with Crippen molar-refractivity contribution in [2.45, 2.75) is 93.2 Å². The molecular formula is C40H48Br2N6. The van der Waals surface area contributed by atoms with Crippen molar-refractivity contribution in [3.63, 3.8) is 0 Å². The van der Waals surface area contributed by atoms with Gasteiger partial charge in [0.05, 0.1) is 13.1 Å². The van der Waals surface area contributed by atoms with Crippen molar-refractivity contribution in [1.82, 2.24) is 30.0 Å². The monoisotopic (exact) mass is 770 g/mol. The second-order valence-corrected chi connectivity index (χ2v) is 17.2. The van der Waals surface area contributed by atoms with Crippen molar-refractivity contribution in [1.29, 1.82) is 0 Å². The zero-order chi connectivity index (χ0) is 35.0. The Kier molecular flexibility index (Phi) is 10.7. The number of hydrogen-bond acceptors (Lipinski definition) is 4. The summed E-state index contributed by atoms with van der Waals surface area (Å²) in [4.78, 5) is 3.63. The number of aromatic nitrogens is 6. The molecule has 0 bridgehead atoms. The lowest BCUT2D eigenvalue weighted by Crippen LogP contribution is -2.10. The largest absolute Gasteiger partial charge is 0.183 e. The van der Waals surface area contributed by atoms with E-state index in [0.717, 1.165) is 55.2 Å². The molecule has 0 saturated heterocycles. The van der Waals surface area contributed by atoms with Crippen molar-refractivity contribution >= 4 is 53.9 Å². The summed E-state index contributed by atoms with van der Waals surface area (Å²) in [7, 11) is 0. The smallest absolute Gasteiger partial charge is 0.128 e. The predicted molar refractivity (Wildman–Crippen MR) is 208 cm³/mol. The third-order valence-electron chi connectivity index (χ3n) is 8.25. The molecule has 252 valence electrons. The van der Waals surface area contributed by atoms with Gasteiger partial charge < -0.3 is 0 Å². The van der Waals surface area contributed by atoms with Crippen LogP contribution in [-0.2, 0) is 23.9 Å². The molecule has 0 radical (unpaired) electrons. The van der Waals surface area contributed by atoms with E-state index < -0.39 is 0 Å². The van der Waals surface area contributed by atoms with Crippen LogP contribution < -0.4 is 0 Å². The van der Waals surface area contributed by atoms with E-state index in [2.05, 4.69) is 172 Å². The van der Waals surface area contributed by atoms with Crippen LogP contribution in [0.2, 0.25) is 0 Å². The van der Waals surface area contributed by atoms with E-state index in [1.54, 1.807) is 4.80 Å². The maximum Gasteiger partial charge on any atom is 0.128 e. The van der Waals surface area contributed by atoms with E-state index in [1.807, 2.05) is 16.9 Å². The summed E-state index contributed by atoms with van der Waals surface area (Å²) in [5.41, 5.74) is 11.3. The molecule has 2 aromatic heterocycles. The van der Waals surface area contributed by atoms with Gasteiger partial charge in [-0.2, -0.15) is 30.0 Å². The Morgan fingerprint density at radius 1 is 0.479 bits per heavy atom. The fourth-order valence-corrected chi connectivity index (χ4v) is 6.39. The summed E-state index contributed by atoms with van der Waals surface area (Å²) in [6.45, 7) is 23.8. The van der Waals surface area contributed by atoms with Crippen LogP contribution in [0.25, 0.3) is 44.3 Å². The second kappa shape index (κ2) is 14.2. The van der Waals surface area contributed by atoms with E-state index in [0.29, 0.717) is 11.8 Å². The number of fused-ring (bicyclic) bond motifs is 2. The van der Waals surface area contributed by atoms with Gasteiger partial charge in [-0.3, -0.25) is 0 Å². The molecule has 2 heterocycles. The standard InChI is InChI=1S/C30H37N3.C10H11Br2N3/c1-20(2)19-33-31-27-25(21-9-13-23(14-10-21)29(3,4)5)17-18-26(28(27)32-33)22-11-15-24(16-12-22)30(6,7)8;1-6(2)5-15-13-9-7(11)3-4-8(12)10(9)14-15/h9-18,20H,19H2,1-8H3;3-4,6H,5H2,1-2H3. The molecule has 0 fully saturated rings. The average Bonchev–Trinajstić information content (AvgIpc) is 3.62. The summed E-state index contributed by atoms with van der Waals surface area (Å²) >= 11 is 6.95. The molecule has 0 atom stereocenters. The SMILES string of the molecule is CC(C)Cn1nc2c(-c3ccc(C(C)(C)C)cc3)ccc(-c3ccc(C(C)(C)C)cc3)c2n1.CC(C)Cn1nc2c(Br)ccc(Br)c2n1. The van der Waals surface area contributed by atoms with Gasteiger partial charge in [-0.1, -0.05) is 130 Å². The van der Waals surface area contributed by atoms with Gasteiger partial charge in [0.25, 0.3) is 0 Å². The molecule has 6 nitrogen and oxygen atoms in total.